The van der Waals surface area contributed by atoms with Crippen molar-refractivity contribution in [3.63, 3.8) is 0 Å². The third-order valence-corrected chi connectivity index (χ3v) is 3.87. The van der Waals surface area contributed by atoms with Crippen LogP contribution in [0.4, 0.5) is 0 Å². The maximum atomic E-state index is 12.3. The number of carbonyl (C=O) groups is 1. The number of nitrogens with one attached hydrogen (secondary N) is 1. The fraction of sp³-hybridized carbons (Fsp3) is 0.333. The van der Waals surface area contributed by atoms with E-state index in [2.05, 4.69) is 9.69 Å². The zero-order valence-electron chi connectivity index (χ0n) is 11.4. The third-order valence-electron chi connectivity index (χ3n) is 3.15. The van der Waals surface area contributed by atoms with E-state index in [1.807, 2.05) is 37.3 Å². The number of aromatic nitrogens is 1. The highest BCUT2D eigenvalue weighted by atomic mass is 32.1. The number of aryl methyl sites for hydroxylation is 1. The minimum Gasteiger partial charge on any atom is -0.396 e. The van der Waals surface area contributed by atoms with Gasteiger partial charge in [-0.25, -0.2) is 0 Å². The molecule has 0 spiro atoms. The van der Waals surface area contributed by atoms with Crippen LogP contribution in [0, 0.1) is 6.92 Å². The van der Waals surface area contributed by atoms with Crippen LogP contribution in [0.15, 0.2) is 35.7 Å². The molecule has 5 heteroatoms. The van der Waals surface area contributed by atoms with Gasteiger partial charge in [0, 0.05) is 12.0 Å². The van der Waals surface area contributed by atoms with Gasteiger partial charge in [0.25, 0.3) is 5.91 Å². The van der Waals surface area contributed by atoms with Crippen LogP contribution in [-0.2, 0) is 0 Å². The fourth-order valence-electron chi connectivity index (χ4n) is 2.05. The summed E-state index contributed by atoms with van der Waals surface area (Å²) in [5, 5.41) is 13.8. The predicted octanol–water partition coefficient (Wildman–Crippen LogP) is 2.70. The summed E-state index contributed by atoms with van der Waals surface area (Å²) in [6.45, 7) is 1.95. The van der Waals surface area contributed by atoms with Crippen molar-refractivity contribution in [3.05, 3.63) is 52.5 Å². The van der Waals surface area contributed by atoms with E-state index in [-0.39, 0.29) is 18.6 Å². The average Bonchev–Trinajstić information content (AvgIpc) is 2.90. The number of carbonyl (C=O) groups excluding carboxylic acids is 1. The van der Waals surface area contributed by atoms with Gasteiger partial charge in [0.1, 0.15) is 0 Å². The monoisotopic (exact) mass is 290 g/mol. The second kappa shape index (κ2) is 7.17. The second-order valence-corrected chi connectivity index (χ2v) is 5.25. The van der Waals surface area contributed by atoms with Crippen molar-refractivity contribution in [2.75, 3.05) is 6.61 Å². The number of aliphatic hydroxyl groups excluding tert-OH is 1. The zero-order chi connectivity index (χ0) is 14.4. The molecule has 0 fully saturated rings. The Morgan fingerprint density at radius 1 is 1.40 bits per heavy atom. The van der Waals surface area contributed by atoms with Crippen molar-refractivity contribution in [2.45, 2.75) is 25.8 Å². The summed E-state index contributed by atoms with van der Waals surface area (Å²) in [5.41, 5.74) is 2.43. The molecular weight excluding hydrogens is 272 g/mol. The Hall–Kier alpha value is -1.72. The van der Waals surface area contributed by atoms with Crippen molar-refractivity contribution in [1.29, 1.82) is 0 Å². The number of hydrogen-bond acceptors (Lipinski definition) is 4. The third kappa shape index (κ3) is 3.65. The molecule has 0 saturated carbocycles. The molecule has 0 aliphatic carbocycles. The first kappa shape index (κ1) is 14.7. The Kier molecular flexibility index (Phi) is 5.26. The number of amides is 1. The lowest BCUT2D eigenvalue weighted by Gasteiger charge is -2.18. The molecule has 0 aliphatic rings. The van der Waals surface area contributed by atoms with E-state index in [1.165, 1.54) is 11.5 Å². The summed E-state index contributed by atoms with van der Waals surface area (Å²) in [7, 11) is 0. The van der Waals surface area contributed by atoms with E-state index >= 15 is 0 Å². The standard InChI is InChI=1S/C15H18N2O2S/c1-11-13(10-20-17-11)15(19)16-14(8-5-9-18)12-6-3-2-4-7-12/h2-4,6-7,10,14,18H,5,8-9H2,1H3,(H,16,19). The molecule has 106 valence electrons. The molecule has 4 nitrogen and oxygen atoms in total. The molecule has 1 aromatic carbocycles. The van der Waals surface area contributed by atoms with E-state index in [0.29, 0.717) is 18.4 Å². The summed E-state index contributed by atoms with van der Waals surface area (Å²) < 4.78 is 4.12. The number of benzene rings is 1. The summed E-state index contributed by atoms with van der Waals surface area (Å²) in [6.07, 6.45) is 1.36. The molecule has 0 bridgehead atoms. The van der Waals surface area contributed by atoms with Crippen molar-refractivity contribution in [2.24, 2.45) is 0 Å². The van der Waals surface area contributed by atoms with Crippen LogP contribution in [0.1, 0.15) is 40.5 Å². The van der Waals surface area contributed by atoms with Gasteiger partial charge in [0.15, 0.2) is 0 Å². The van der Waals surface area contributed by atoms with Gasteiger partial charge < -0.3 is 10.4 Å². The largest absolute Gasteiger partial charge is 0.396 e. The van der Waals surface area contributed by atoms with E-state index in [0.717, 1.165) is 11.3 Å². The van der Waals surface area contributed by atoms with Gasteiger partial charge in [-0.2, -0.15) is 4.37 Å². The van der Waals surface area contributed by atoms with Gasteiger partial charge in [-0.1, -0.05) is 30.3 Å². The molecule has 0 aliphatic heterocycles. The second-order valence-electron chi connectivity index (χ2n) is 4.62. The highest BCUT2D eigenvalue weighted by Crippen LogP contribution is 2.19. The summed E-state index contributed by atoms with van der Waals surface area (Å²) in [6, 6.07) is 9.73. The number of hydrogen-bond donors (Lipinski definition) is 2. The minimum atomic E-state index is -0.108. The molecule has 1 unspecified atom stereocenters. The summed E-state index contributed by atoms with van der Waals surface area (Å²) in [5.74, 6) is -0.108. The first-order chi connectivity index (χ1) is 9.72. The Labute approximate surface area is 122 Å². The molecule has 20 heavy (non-hydrogen) atoms. The number of rotatable bonds is 6. The summed E-state index contributed by atoms with van der Waals surface area (Å²) in [4.78, 5) is 12.3. The van der Waals surface area contributed by atoms with Crippen LogP contribution in [0.25, 0.3) is 0 Å². The lowest BCUT2D eigenvalue weighted by Crippen LogP contribution is -2.29. The van der Waals surface area contributed by atoms with Gasteiger partial charge >= 0.3 is 0 Å². The zero-order valence-corrected chi connectivity index (χ0v) is 12.2. The Bertz CT molecular complexity index is 554. The molecule has 1 atom stereocenters. The first-order valence-electron chi connectivity index (χ1n) is 6.60. The van der Waals surface area contributed by atoms with Gasteiger partial charge in [-0.15, -0.1) is 0 Å². The van der Waals surface area contributed by atoms with E-state index < -0.39 is 0 Å². The van der Waals surface area contributed by atoms with Crippen molar-refractivity contribution < 1.29 is 9.90 Å². The summed E-state index contributed by atoms with van der Waals surface area (Å²) >= 11 is 1.28. The van der Waals surface area contributed by atoms with E-state index in [4.69, 9.17) is 5.11 Å². The lowest BCUT2D eigenvalue weighted by molar-refractivity contribution is 0.0932. The molecule has 1 heterocycles. The molecule has 1 aromatic heterocycles. The van der Waals surface area contributed by atoms with Gasteiger partial charge in [0.05, 0.1) is 17.3 Å². The molecular formula is C15H18N2O2S. The van der Waals surface area contributed by atoms with E-state index in [1.54, 1.807) is 5.38 Å². The lowest BCUT2D eigenvalue weighted by atomic mass is 10.0. The van der Waals surface area contributed by atoms with Crippen LogP contribution in [0.3, 0.4) is 0 Å². The molecule has 2 rings (SSSR count). The smallest absolute Gasteiger partial charge is 0.254 e. The SMILES string of the molecule is Cc1nscc1C(=O)NC(CCCO)c1ccccc1. The molecule has 2 N–H and O–H groups in total. The number of nitrogens with zero attached hydrogens (tertiary/aromatic N) is 1. The van der Waals surface area contributed by atoms with Crippen LogP contribution in [0.5, 0.6) is 0 Å². The molecule has 2 aromatic rings. The maximum Gasteiger partial charge on any atom is 0.254 e. The van der Waals surface area contributed by atoms with Crippen molar-refractivity contribution in [1.82, 2.24) is 9.69 Å². The Balaban J connectivity index is 2.12. The average molecular weight is 290 g/mol. The maximum absolute atomic E-state index is 12.3. The van der Waals surface area contributed by atoms with Crippen LogP contribution in [0.2, 0.25) is 0 Å². The van der Waals surface area contributed by atoms with Crippen LogP contribution < -0.4 is 5.32 Å². The fourth-order valence-corrected chi connectivity index (χ4v) is 2.74. The van der Waals surface area contributed by atoms with Crippen LogP contribution in [-0.4, -0.2) is 22.0 Å². The molecule has 0 radical (unpaired) electrons. The van der Waals surface area contributed by atoms with Gasteiger partial charge in [-0.3, -0.25) is 4.79 Å². The minimum absolute atomic E-state index is 0.0878. The van der Waals surface area contributed by atoms with Crippen LogP contribution >= 0.6 is 11.5 Å². The molecule has 0 saturated heterocycles. The van der Waals surface area contributed by atoms with Crippen molar-refractivity contribution >= 4 is 17.4 Å². The number of aliphatic hydroxyl groups is 1. The quantitative estimate of drug-likeness (QED) is 0.860. The highest BCUT2D eigenvalue weighted by molar-refractivity contribution is 7.03. The van der Waals surface area contributed by atoms with Gasteiger partial charge in [0.2, 0.25) is 0 Å². The van der Waals surface area contributed by atoms with Crippen molar-refractivity contribution in [3.8, 4) is 0 Å². The topological polar surface area (TPSA) is 62.2 Å². The predicted molar refractivity (Wildman–Crippen MR) is 79.8 cm³/mol. The van der Waals surface area contributed by atoms with E-state index in [9.17, 15) is 4.79 Å². The Morgan fingerprint density at radius 2 is 2.15 bits per heavy atom. The first-order valence-corrected chi connectivity index (χ1v) is 7.43. The normalized spacial score (nSPS) is 12.1. The van der Waals surface area contributed by atoms with Gasteiger partial charge in [-0.05, 0) is 36.9 Å². The Morgan fingerprint density at radius 3 is 2.75 bits per heavy atom. The molecule has 1 amide bonds. The highest BCUT2D eigenvalue weighted by Gasteiger charge is 2.17.